The van der Waals surface area contributed by atoms with Crippen molar-refractivity contribution in [2.45, 2.75) is 58.3 Å². The molecule has 1 fully saturated rings. The predicted octanol–water partition coefficient (Wildman–Crippen LogP) is 2.63. The molecule has 1 unspecified atom stereocenters. The smallest absolute Gasteiger partial charge is 0.222 e. The van der Waals surface area contributed by atoms with Crippen molar-refractivity contribution >= 4 is 15.7 Å². The van der Waals surface area contributed by atoms with Gasteiger partial charge < -0.3 is 4.90 Å². The first kappa shape index (κ1) is 17.5. The van der Waals surface area contributed by atoms with Gasteiger partial charge in [-0.25, -0.2) is 8.42 Å². The van der Waals surface area contributed by atoms with E-state index >= 15 is 0 Å². The van der Waals surface area contributed by atoms with Crippen LogP contribution in [0.3, 0.4) is 0 Å². The number of nitrogens with zero attached hydrogens (tertiary/aromatic N) is 1. The van der Waals surface area contributed by atoms with E-state index in [2.05, 4.69) is 6.92 Å². The van der Waals surface area contributed by atoms with Crippen LogP contribution in [0.5, 0.6) is 0 Å². The Bertz CT molecular complexity index is 392. The summed E-state index contributed by atoms with van der Waals surface area (Å²) in [6, 6.07) is 0. The number of hydrogen-bond donors (Lipinski definition) is 0. The average Bonchev–Trinajstić information content (AvgIpc) is 2.36. The quantitative estimate of drug-likeness (QED) is 0.648. The minimum Gasteiger partial charge on any atom is -0.342 e. The molecular formula is C15H29NO3S. The second-order valence-electron chi connectivity index (χ2n) is 6.10. The van der Waals surface area contributed by atoms with E-state index in [4.69, 9.17) is 0 Å². The second kappa shape index (κ2) is 8.65. The summed E-state index contributed by atoms with van der Waals surface area (Å²) in [5, 5.41) is 0. The minimum atomic E-state index is -2.94. The molecule has 5 heteroatoms. The molecule has 118 valence electrons. The van der Waals surface area contributed by atoms with E-state index in [9.17, 15) is 13.2 Å². The molecule has 20 heavy (non-hydrogen) atoms. The van der Waals surface area contributed by atoms with E-state index in [1.165, 1.54) is 25.5 Å². The maximum absolute atomic E-state index is 12.1. The maximum atomic E-state index is 12.1. The van der Waals surface area contributed by atoms with Gasteiger partial charge in [-0.15, -0.1) is 0 Å². The number of likely N-dealkylation sites (tertiary alicyclic amines) is 1. The molecule has 0 aromatic carbocycles. The van der Waals surface area contributed by atoms with Gasteiger partial charge in [0.1, 0.15) is 9.84 Å². The number of carbonyl (C=O) groups is 1. The van der Waals surface area contributed by atoms with Crippen molar-refractivity contribution in [2.24, 2.45) is 5.92 Å². The van der Waals surface area contributed by atoms with Gasteiger partial charge in [0.15, 0.2) is 0 Å². The number of unbranched alkanes of at least 4 members (excludes halogenated alkanes) is 4. The molecule has 1 rings (SSSR count). The molecule has 1 amide bonds. The van der Waals surface area contributed by atoms with Crippen LogP contribution in [-0.2, 0) is 14.6 Å². The molecule has 0 aromatic rings. The van der Waals surface area contributed by atoms with Crippen molar-refractivity contribution in [3.8, 4) is 0 Å². The minimum absolute atomic E-state index is 0.128. The lowest BCUT2D eigenvalue weighted by molar-refractivity contribution is -0.133. The number of piperidine rings is 1. The lowest BCUT2D eigenvalue weighted by Crippen LogP contribution is -2.41. The van der Waals surface area contributed by atoms with Gasteiger partial charge in [-0.2, -0.15) is 0 Å². The number of rotatable bonds is 8. The Hall–Kier alpha value is -0.580. The fourth-order valence-electron chi connectivity index (χ4n) is 2.89. The SMILES string of the molecule is CCCCCCCC(=O)N1CCCC(CS(C)(=O)=O)C1. The molecule has 0 N–H and O–H groups in total. The summed E-state index contributed by atoms with van der Waals surface area (Å²) in [7, 11) is -2.94. The largest absolute Gasteiger partial charge is 0.342 e. The van der Waals surface area contributed by atoms with Gasteiger partial charge in [-0.05, 0) is 25.2 Å². The highest BCUT2D eigenvalue weighted by atomic mass is 32.2. The molecule has 0 saturated carbocycles. The van der Waals surface area contributed by atoms with Crippen LogP contribution < -0.4 is 0 Å². The third-order valence-corrected chi connectivity index (χ3v) is 4.98. The zero-order chi connectivity index (χ0) is 15.0. The normalized spacial score (nSPS) is 20.1. The molecule has 1 aliphatic rings. The van der Waals surface area contributed by atoms with Crippen molar-refractivity contribution in [1.29, 1.82) is 0 Å². The summed E-state index contributed by atoms with van der Waals surface area (Å²) >= 11 is 0. The Balaban J connectivity index is 2.29. The van der Waals surface area contributed by atoms with E-state index in [1.807, 2.05) is 4.90 Å². The summed E-state index contributed by atoms with van der Waals surface area (Å²) in [6.45, 7) is 3.61. The lowest BCUT2D eigenvalue weighted by Gasteiger charge is -2.32. The Morgan fingerprint density at radius 1 is 1.20 bits per heavy atom. The van der Waals surface area contributed by atoms with Gasteiger partial charge in [-0.3, -0.25) is 4.79 Å². The number of amides is 1. The summed E-state index contributed by atoms with van der Waals surface area (Å²) < 4.78 is 22.7. The standard InChI is InChI=1S/C15H29NO3S/c1-3-4-5-6-7-10-15(17)16-11-8-9-14(12-16)13-20(2,18)19/h14H,3-13H2,1-2H3. The molecule has 1 aliphatic heterocycles. The van der Waals surface area contributed by atoms with Crippen LogP contribution in [0.15, 0.2) is 0 Å². The van der Waals surface area contributed by atoms with E-state index < -0.39 is 9.84 Å². The van der Waals surface area contributed by atoms with Gasteiger partial charge in [0.25, 0.3) is 0 Å². The molecule has 0 spiro atoms. The molecule has 0 aromatic heterocycles. The first-order chi connectivity index (χ1) is 9.42. The van der Waals surface area contributed by atoms with Crippen LogP contribution in [0.2, 0.25) is 0 Å². The second-order valence-corrected chi connectivity index (χ2v) is 8.29. The van der Waals surface area contributed by atoms with Gasteiger partial charge in [0.05, 0.1) is 5.75 Å². The van der Waals surface area contributed by atoms with Gasteiger partial charge in [0.2, 0.25) is 5.91 Å². The molecule has 1 saturated heterocycles. The third kappa shape index (κ3) is 7.27. The van der Waals surface area contributed by atoms with Gasteiger partial charge >= 0.3 is 0 Å². The van der Waals surface area contributed by atoms with Crippen LogP contribution in [0.25, 0.3) is 0 Å². The highest BCUT2D eigenvalue weighted by molar-refractivity contribution is 7.90. The van der Waals surface area contributed by atoms with Crippen molar-refractivity contribution in [3.05, 3.63) is 0 Å². The molecule has 1 heterocycles. The topological polar surface area (TPSA) is 54.5 Å². The maximum Gasteiger partial charge on any atom is 0.222 e. The molecule has 0 bridgehead atoms. The van der Waals surface area contributed by atoms with E-state index in [0.717, 1.165) is 32.2 Å². The van der Waals surface area contributed by atoms with Gasteiger partial charge in [0, 0.05) is 25.8 Å². The van der Waals surface area contributed by atoms with Crippen LogP contribution in [0.4, 0.5) is 0 Å². The molecule has 0 aliphatic carbocycles. The monoisotopic (exact) mass is 303 g/mol. The summed E-state index contributed by atoms with van der Waals surface area (Å²) in [6.07, 6.45) is 9.51. The third-order valence-electron chi connectivity index (χ3n) is 3.90. The highest BCUT2D eigenvalue weighted by Crippen LogP contribution is 2.19. The number of carbonyl (C=O) groups excluding carboxylic acids is 1. The zero-order valence-electron chi connectivity index (χ0n) is 12.9. The van der Waals surface area contributed by atoms with Crippen molar-refractivity contribution in [2.75, 3.05) is 25.1 Å². The van der Waals surface area contributed by atoms with Crippen LogP contribution in [0.1, 0.15) is 58.3 Å². The van der Waals surface area contributed by atoms with Gasteiger partial charge in [-0.1, -0.05) is 32.6 Å². The van der Waals surface area contributed by atoms with E-state index in [1.54, 1.807) is 0 Å². The summed E-state index contributed by atoms with van der Waals surface area (Å²) in [4.78, 5) is 14.0. The Morgan fingerprint density at radius 2 is 1.90 bits per heavy atom. The fraction of sp³-hybridized carbons (Fsp3) is 0.933. The Morgan fingerprint density at radius 3 is 2.55 bits per heavy atom. The Labute approximate surface area is 123 Å². The zero-order valence-corrected chi connectivity index (χ0v) is 13.8. The Kier molecular flexibility index (Phi) is 7.56. The lowest BCUT2D eigenvalue weighted by atomic mass is 9.99. The molecule has 0 radical (unpaired) electrons. The highest BCUT2D eigenvalue weighted by Gasteiger charge is 2.25. The molecular weight excluding hydrogens is 274 g/mol. The summed E-state index contributed by atoms with van der Waals surface area (Å²) in [5.41, 5.74) is 0. The fourth-order valence-corrected chi connectivity index (χ4v) is 4.02. The summed E-state index contributed by atoms with van der Waals surface area (Å²) in [5.74, 6) is 0.551. The van der Waals surface area contributed by atoms with E-state index in [-0.39, 0.29) is 17.6 Å². The van der Waals surface area contributed by atoms with Crippen molar-refractivity contribution < 1.29 is 13.2 Å². The number of sulfone groups is 1. The average molecular weight is 303 g/mol. The number of hydrogen-bond acceptors (Lipinski definition) is 3. The molecule has 1 atom stereocenters. The molecule has 4 nitrogen and oxygen atoms in total. The predicted molar refractivity (Wildman–Crippen MR) is 82.4 cm³/mol. The van der Waals surface area contributed by atoms with Crippen LogP contribution in [0, 0.1) is 5.92 Å². The first-order valence-electron chi connectivity index (χ1n) is 7.88. The van der Waals surface area contributed by atoms with Crippen molar-refractivity contribution in [1.82, 2.24) is 4.90 Å². The van der Waals surface area contributed by atoms with E-state index in [0.29, 0.717) is 13.0 Å². The van der Waals surface area contributed by atoms with Crippen molar-refractivity contribution in [3.63, 3.8) is 0 Å². The first-order valence-corrected chi connectivity index (χ1v) is 9.94. The van der Waals surface area contributed by atoms with Crippen LogP contribution >= 0.6 is 0 Å². The van der Waals surface area contributed by atoms with Crippen LogP contribution in [-0.4, -0.2) is 44.3 Å².